The SMILES string of the molecule is CC(=O)Nc1cccc(NC(=O)CSc2nc3cc(C)[nH]c3c(=O)n2CCC(C)C)c1. The van der Waals surface area contributed by atoms with E-state index < -0.39 is 0 Å². The molecule has 0 spiro atoms. The third-order valence-electron chi connectivity index (χ3n) is 4.57. The molecule has 0 saturated heterocycles. The fraction of sp³-hybridized carbons (Fsp3) is 0.364. The Bertz CT molecular complexity index is 1170. The molecule has 0 aliphatic rings. The second kappa shape index (κ2) is 9.82. The van der Waals surface area contributed by atoms with Crippen LogP contribution in [0, 0.1) is 12.8 Å². The fourth-order valence-electron chi connectivity index (χ4n) is 3.11. The van der Waals surface area contributed by atoms with E-state index in [1.807, 2.05) is 13.0 Å². The van der Waals surface area contributed by atoms with Gasteiger partial charge >= 0.3 is 0 Å². The average molecular weight is 442 g/mol. The number of aryl methyl sites for hydroxylation is 1. The number of carbonyl (C=O) groups is 2. The second-order valence-electron chi connectivity index (χ2n) is 7.85. The number of anilines is 2. The number of benzene rings is 1. The first-order valence-electron chi connectivity index (χ1n) is 10.1. The smallest absolute Gasteiger partial charge is 0.278 e. The lowest BCUT2D eigenvalue weighted by molar-refractivity contribution is -0.114. The van der Waals surface area contributed by atoms with Crippen LogP contribution in [0.5, 0.6) is 0 Å². The lowest BCUT2D eigenvalue weighted by atomic mass is 10.1. The van der Waals surface area contributed by atoms with Gasteiger partial charge in [0.1, 0.15) is 5.52 Å². The number of hydrogen-bond acceptors (Lipinski definition) is 5. The van der Waals surface area contributed by atoms with Crippen LogP contribution in [0.15, 0.2) is 40.3 Å². The van der Waals surface area contributed by atoms with Crippen LogP contribution in [0.25, 0.3) is 11.0 Å². The van der Waals surface area contributed by atoms with Crippen molar-refractivity contribution in [2.45, 2.75) is 45.8 Å². The molecule has 1 aromatic carbocycles. The van der Waals surface area contributed by atoms with E-state index in [1.54, 1.807) is 28.8 Å². The van der Waals surface area contributed by atoms with Crippen molar-refractivity contribution in [3.05, 3.63) is 46.4 Å². The van der Waals surface area contributed by atoms with Gasteiger partial charge in [-0.25, -0.2) is 4.98 Å². The highest BCUT2D eigenvalue weighted by atomic mass is 32.2. The van der Waals surface area contributed by atoms with Crippen molar-refractivity contribution in [3.63, 3.8) is 0 Å². The molecule has 0 aliphatic heterocycles. The van der Waals surface area contributed by atoms with E-state index >= 15 is 0 Å². The maximum Gasteiger partial charge on any atom is 0.278 e. The molecule has 9 heteroatoms. The number of hydrogen-bond donors (Lipinski definition) is 3. The number of aromatic amines is 1. The molecule has 0 atom stereocenters. The molecule has 0 saturated carbocycles. The number of nitrogens with one attached hydrogen (secondary N) is 3. The van der Waals surface area contributed by atoms with E-state index in [0.29, 0.717) is 40.0 Å². The average Bonchev–Trinajstić information content (AvgIpc) is 3.06. The van der Waals surface area contributed by atoms with Gasteiger partial charge in [0.25, 0.3) is 5.56 Å². The van der Waals surface area contributed by atoms with Gasteiger partial charge in [-0.1, -0.05) is 31.7 Å². The quantitative estimate of drug-likeness (QED) is 0.364. The summed E-state index contributed by atoms with van der Waals surface area (Å²) in [6.07, 6.45) is 0.836. The van der Waals surface area contributed by atoms with Crippen molar-refractivity contribution in [3.8, 4) is 0 Å². The maximum absolute atomic E-state index is 13.0. The topological polar surface area (TPSA) is 109 Å². The van der Waals surface area contributed by atoms with Crippen LogP contribution in [-0.4, -0.2) is 32.1 Å². The van der Waals surface area contributed by atoms with Crippen LogP contribution in [-0.2, 0) is 16.1 Å². The highest BCUT2D eigenvalue weighted by Gasteiger charge is 2.15. The maximum atomic E-state index is 13.0. The number of nitrogens with zero attached hydrogens (tertiary/aromatic N) is 2. The summed E-state index contributed by atoms with van der Waals surface area (Å²) in [5, 5.41) is 6.03. The molecule has 0 unspecified atom stereocenters. The Kier molecular flexibility index (Phi) is 7.17. The van der Waals surface area contributed by atoms with Crippen LogP contribution in [0.3, 0.4) is 0 Å². The summed E-state index contributed by atoms with van der Waals surface area (Å²) < 4.78 is 1.65. The molecular weight excluding hydrogens is 414 g/mol. The fourth-order valence-corrected chi connectivity index (χ4v) is 3.94. The highest BCUT2D eigenvalue weighted by molar-refractivity contribution is 7.99. The zero-order valence-corrected chi connectivity index (χ0v) is 18.9. The predicted octanol–water partition coefficient (Wildman–Crippen LogP) is 3.77. The number of thioether (sulfide) groups is 1. The molecule has 2 aromatic heterocycles. The largest absolute Gasteiger partial charge is 0.353 e. The van der Waals surface area contributed by atoms with Crippen molar-refractivity contribution in [2.75, 3.05) is 16.4 Å². The number of H-pyrrole nitrogens is 1. The van der Waals surface area contributed by atoms with Gasteiger partial charge in [-0.2, -0.15) is 0 Å². The van der Waals surface area contributed by atoms with Gasteiger partial charge in [0.2, 0.25) is 11.8 Å². The summed E-state index contributed by atoms with van der Waals surface area (Å²) in [6, 6.07) is 8.77. The van der Waals surface area contributed by atoms with Crippen LogP contribution in [0.1, 0.15) is 32.9 Å². The summed E-state index contributed by atoms with van der Waals surface area (Å²) >= 11 is 1.24. The van der Waals surface area contributed by atoms with Crippen LogP contribution in [0.4, 0.5) is 11.4 Å². The van der Waals surface area contributed by atoms with Crippen molar-refractivity contribution >= 4 is 46.0 Å². The van der Waals surface area contributed by atoms with E-state index in [4.69, 9.17) is 0 Å². The Hall–Kier alpha value is -3.07. The molecule has 164 valence electrons. The molecule has 3 aromatic rings. The lowest BCUT2D eigenvalue weighted by Gasteiger charge is -2.13. The van der Waals surface area contributed by atoms with Gasteiger partial charge in [0.05, 0.1) is 11.3 Å². The molecule has 31 heavy (non-hydrogen) atoms. The zero-order valence-electron chi connectivity index (χ0n) is 18.1. The van der Waals surface area contributed by atoms with E-state index in [9.17, 15) is 14.4 Å². The summed E-state index contributed by atoms with van der Waals surface area (Å²) in [6.45, 7) is 8.06. The third kappa shape index (κ3) is 5.97. The molecular formula is C22H27N5O3S. The third-order valence-corrected chi connectivity index (χ3v) is 5.54. The van der Waals surface area contributed by atoms with Gasteiger partial charge < -0.3 is 15.6 Å². The summed E-state index contributed by atoms with van der Waals surface area (Å²) in [5.74, 6) is 0.137. The van der Waals surface area contributed by atoms with Crippen molar-refractivity contribution in [2.24, 2.45) is 5.92 Å². The molecule has 8 nitrogen and oxygen atoms in total. The van der Waals surface area contributed by atoms with Crippen molar-refractivity contribution < 1.29 is 9.59 Å². The van der Waals surface area contributed by atoms with Crippen molar-refractivity contribution in [1.29, 1.82) is 0 Å². The highest BCUT2D eigenvalue weighted by Crippen LogP contribution is 2.21. The first-order valence-corrected chi connectivity index (χ1v) is 11.1. The Morgan fingerprint density at radius 2 is 1.90 bits per heavy atom. The number of fused-ring (bicyclic) bond motifs is 1. The van der Waals surface area contributed by atoms with Crippen molar-refractivity contribution in [1.82, 2.24) is 14.5 Å². The van der Waals surface area contributed by atoms with E-state index in [2.05, 4.69) is 34.4 Å². The van der Waals surface area contributed by atoms with E-state index in [0.717, 1.165) is 12.1 Å². The first kappa shape index (κ1) is 22.6. The van der Waals surface area contributed by atoms with Gasteiger partial charge in [-0.05, 0) is 43.5 Å². The van der Waals surface area contributed by atoms with Gasteiger partial charge in [-0.15, -0.1) is 0 Å². The van der Waals surface area contributed by atoms with E-state index in [1.165, 1.54) is 18.7 Å². The van der Waals surface area contributed by atoms with Gasteiger partial charge in [-0.3, -0.25) is 19.0 Å². The monoisotopic (exact) mass is 441 g/mol. The molecule has 2 amide bonds. The van der Waals surface area contributed by atoms with Crippen LogP contribution < -0.4 is 16.2 Å². The second-order valence-corrected chi connectivity index (χ2v) is 8.79. The Balaban J connectivity index is 1.76. The normalized spacial score (nSPS) is 11.1. The molecule has 0 aliphatic carbocycles. The number of aromatic nitrogens is 3. The molecule has 3 N–H and O–H groups in total. The van der Waals surface area contributed by atoms with E-state index in [-0.39, 0.29) is 23.1 Å². The number of carbonyl (C=O) groups excluding carboxylic acids is 2. The summed E-state index contributed by atoms with van der Waals surface area (Å²) in [7, 11) is 0. The minimum absolute atomic E-state index is 0.105. The zero-order chi connectivity index (χ0) is 22.5. The van der Waals surface area contributed by atoms with Crippen LogP contribution in [0.2, 0.25) is 0 Å². The molecule has 3 rings (SSSR count). The molecule has 0 radical (unpaired) electrons. The van der Waals surface area contributed by atoms with Gasteiger partial charge in [0.15, 0.2) is 5.16 Å². The Morgan fingerprint density at radius 3 is 2.58 bits per heavy atom. The number of rotatable bonds is 8. The molecule has 0 fully saturated rings. The summed E-state index contributed by atoms with van der Waals surface area (Å²) in [5.41, 5.74) is 3.03. The first-order chi connectivity index (χ1) is 14.7. The van der Waals surface area contributed by atoms with Crippen LogP contribution >= 0.6 is 11.8 Å². The minimum atomic E-state index is -0.222. The number of amides is 2. The lowest BCUT2D eigenvalue weighted by Crippen LogP contribution is -2.25. The predicted molar refractivity (Wildman–Crippen MR) is 125 cm³/mol. The van der Waals surface area contributed by atoms with Gasteiger partial charge in [0, 0.05) is 30.5 Å². The summed E-state index contributed by atoms with van der Waals surface area (Å²) in [4.78, 5) is 44.4. The molecule has 0 bridgehead atoms. The molecule has 2 heterocycles. The minimum Gasteiger partial charge on any atom is -0.353 e. The standard InChI is InChI=1S/C22H27N5O3S/c1-13(2)8-9-27-21(30)20-18(10-14(3)23-20)26-22(27)31-12-19(29)25-17-7-5-6-16(11-17)24-15(4)28/h5-7,10-11,13,23H,8-9,12H2,1-4H3,(H,24,28)(H,25,29). The Morgan fingerprint density at radius 1 is 1.19 bits per heavy atom. The Labute approximate surface area is 184 Å².